The van der Waals surface area contributed by atoms with Crippen LogP contribution >= 0.6 is 23.2 Å². The van der Waals surface area contributed by atoms with E-state index < -0.39 is 10.0 Å². The number of hydrogen-bond acceptors (Lipinski definition) is 3. The van der Waals surface area contributed by atoms with Gasteiger partial charge in [-0.15, -0.1) is 11.6 Å². The number of likely N-dealkylation sites (N-methyl/N-ethyl adjacent to an activating group) is 1. The predicted octanol–water partition coefficient (Wildman–Crippen LogP) is 3.12. The number of sulfonamides is 1. The zero-order valence-corrected chi connectivity index (χ0v) is 14.1. The summed E-state index contributed by atoms with van der Waals surface area (Å²) in [6.45, 7) is 4.40. The smallest absolute Gasteiger partial charge is 0.244 e. The number of hydrogen-bond donors (Lipinski definition) is 0. The van der Waals surface area contributed by atoms with Crippen LogP contribution in [0.3, 0.4) is 0 Å². The summed E-state index contributed by atoms with van der Waals surface area (Å²) >= 11 is 11.7. The highest BCUT2D eigenvalue weighted by Gasteiger charge is 2.23. The van der Waals surface area contributed by atoms with E-state index in [4.69, 9.17) is 27.9 Å². The van der Waals surface area contributed by atoms with Crippen molar-refractivity contribution in [2.45, 2.75) is 30.7 Å². The van der Waals surface area contributed by atoms with Crippen molar-refractivity contribution in [1.82, 2.24) is 4.31 Å². The Kier molecular flexibility index (Phi) is 6.75. The molecular weight excluding hydrogens is 321 g/mol. The maximum atomic E-state index is 12.4. The maximum Gasteiger partial charge on any atom is 0.244 e. The lowest BCUT2D eigenvalue weighted by Gasteiger charge is -2.19. The normalized spacial score (nSPS) is 12.3. The summed E-state index contributed by atoms with van der Waals surface area (Å²) in [5.41, 5.74) is 0.710. The molecule has 4 nitrogen and oxygen atoms in total. The largest absolute Gasteiger partial charge is 0.377 e. The SMILES string of the molecule is CC(C)OCCN(C)S(=O)(=O)c1cc(CCl)ccc1Cl. The summed E-state index contributed by atoms with van der Waals surface area (Å²) in [5, 5.41) is 0.190. The molecule has 0 aliphatic rings. The third-order valence-electron chi connectivity index (χ3n) is 2.70. The standard InChI is InChI=1S/C13H19Cl2NO3S/c1-10(2)19-7-6-16(3)20(17,18)13-8-11(9-14)4-5-12(13)15/h4-5,8,10H,6-7,9H2,1-3H3. The van der Waals surface area contributed by atoms with Gasteiger partial charge in [0, 0.05) is 19.5 Å². The van der Waals surface area contributed by atoms with Crippen molar-refractivity contribution < 1.29 is 13.2 Å². The summed E-state index contributed by atoms with van der Waals surface area (Å²) in [6.07, 6.45) is 0.0641. The van der Waals surface area contributed by atoms with E-state index in [0.29, 0.717) is 12.2 Å². The van der Waals surface area contributed by atoms with E-state index in [-0.39, 0.29) is 28.4 Å². The number of ether oxygens (including phenoxy) is 1. The van der Waals surface area contributed by atoms with Gasteiger partial charge in [0.1, 0.15) is 4.90 Å². The molecule has 0 saturated carbocycles. The van der Waals surface area contributed by atoms with Crippen LogP contribution in [0.25, 0.3) is 0 Å². The molecular formula is C13H19Cl2NO3S. The number of rotatable bonds is 7. The number of halogens is 2. The van der Waals surface area contributed by atoms with E-state index in [1.54, 1.807) is 12.1 Å². The Morgan fingerprint density at radius 1 is 1.35 bits per heavy atom. The maximum absolute atomic E-state index is 12.4. The monoisotopic (exact) mass is 339 g/mol. The first-order valence-corrected chi connectivity index (χ1v) is 8.56. The highest BCUT2D eigenvalue weighted by atomic mass is 35.5. The first-order chi connectivity index (χ1) is 9.28. The number of alkyl halides is 1. The van der Waals surface area contributed by atoms with Crippen molar-refractivity contribution >= 4 is 33.2 Å². The van der Waals surface area contributed by atoms with Gasteiger partial charge in [0.15, 0.2) is 0 Å². The first-order valence-electron chi connectivity index (χ1n) is 6.21. The summed E-state index contributed by atoms with van der Waals surface area (Å²) in [4.78, 5) is 0.0735. The molecule has 0 heterocycles. The fourth-order valence-corrected chi connectivity index (χ4v) is 3.38. The molecule has 0 N–H and O–H groups in total. The molecule has 1 aromatic carbocycles. The lowest BCUT2D eigenvalue weighted by molar-refractivity contribution is 0.0737. The van der Waals surface area contributed by atoms with Gasteiger partial charge in [-0.2, -0.15) is 4.31 Å². The van der Waals surface area contributed by atoms with Gasteiger partial charge in [0.2, 0.25) is 10.0 Å². The molecule has 7 heteroatoms. The van der Waals surface area contributed by atoms with Crippen molar-refractivity contribution in [2.24, 2.45) is 0 Å². The number of nitrogens with zero attached hydrogens (tertiary/aromatic N) is 1. The minimum atomic E-state index is -3.64. The molecule has 1 aromatic rings. The molecule has 0 aliphatic heterocycles. The molecule has 0 bridgehead atoms. The van der Waals surface area contributed by atoms with Gasteiger partial charge in [0.25, 0.3) is 0 Å². The lowest BCUT2D eigenvalue weighted by atomic mass is 10.2. The highest BCUT2D eigenvalue weighted by Crippen LogP contribution is 2.25. The lowest BCUT2D eigenvalue weighted by Crippen LogP contribution is -2.31. The Labute approximate surface area is 130 Å². The third-order valence-corrected chi connectivity index (χ3v) is 5.34. The topological polar surface area (TPSA) is 46.6 Å². The van der Waals surface area contributed by atoms with E-state index >= 15 is 0 Å². The average Bonchev–Trinajstić information content (AvgIpc) is 2.38. The molecule has 0 saturated heterocycles. The molecule has 0 aromatic heterocycles. The second kappa shape index (κ2) is 7.61. The van der Waals surface area contributed by atoms with E-state index in [1.807, 2.05) is 13.8 Å². The van der Waals surface area contributed by atoms with Gasteiger partial charge in [-0.1, -0.05) is 17.7 Å². The Bertz CT molecular complexity index is 547. The number of benzene rings is 1. The van der Waals surface area contributed by atoms with Gasteiger partial charge in [-0.3, -0.25) is 0 Å². The zero-order chi connectivity index (χ0) is 15.3. The first kappa shape index (κ1) is 17.7. The molecule has 0 atom stereocenters. The van der Waals surface area contributed by atoms with Gasteiger partial charge < -0.3 is 4.74 Å². The fourth-order valence-electron chi connectivity index (χ4n) is 1.53. The summed E-state index contributed by atoms with van der Waals surface area (Å²) in [5.74, 6) is 0.236. The van der Waals surface area contributed by atoms with Crippen LogP contribution in [0.5, 0.6) is 0 Å². The Balaban J connectivity index is 2.92. The van der Waals surface area contributed by atoms with Crippen molar-refractivity contribution in [3.63, 3.8) is 0 Å². The minimum absolute atomic E-state index is 0.0641. The molecule has 0 amide bonds. The molecule has 20 heavy (non-hydrogen) atoms. The van der Waals surface area contributed by atoms with Gasteiger partial charge >= 0.3 is 0 Å². The molecule has 0 radical (unpaired) electrons. The summed E-state index contributed by atoms with van der Waals surface area (Å²) < 4.78 is 31.5. The van der Waals surface area contributed by atoms with Crippen LogP contribution in [0.1, 0.15) is 19.4 Å². The van der Waals surface area contributed by atoms with E-state index in [2.05, 4.69) is 0 Å². The van der Waals surface area contributed by atoms with E-state index in [1.165, 1.54) is 17.4 Å². The van der Waals surface area contributed by atoms with Gasteiger partial charge in [0.05, 0.1) is 17.7 Å². The van der Waals surface area contributed by atoms with Crippen molar-refractivity contribution in [3.8, 4) is 0 Å². The van der Waals surface area contributed by atoms with Crippen LogP contribution in [-0.4, -0.2) is 39.0 Å². The molecule has 0 fully saturated rings. The predicted molar refractivity (Wildman–Crippen MR) is 81.9 cm³/mol. The minimum Gasteiger partial charge on any atom is -0.377 e. The highest BCUT2D eigenvalue weighted by molar-refractivity contribution is 7.89. The summed E-state index contributed by atoms with van der Waals surface area (Å²) in [6, 6.07) is 4.76. The Hall–Kier alpha value is -0.330. The molecule has 0 spiro atoms. The zero-order valence-electron chi connectivity index (χ0n) is 11.8. The van der Waals surface area contributed by atoms with Crippen molar-refractivity contribution in [1.29, 1.82) is 0 Å². The molecule has 0 unspecified atom stereocenters. The second-order valence-electron chi connectivity index (χ2n) is 4.64. The van der Waals surface area contributed by atoms with Crippen LogP contribution in [0, 0.1) is 0 Å². The van der Waals surface area contributed by atoms with Crippen LogP contribution in [0.4, 0.5) is 0 Å². The molecule has 114 valence electrons. The Morgan fingerprint density at radius 2 is 2.00 bits per heavy atom. The quantitative estimate of drug-likeness (QED) is 0.717. The Morgan fingerprint density at radius 3 is 2.55 bits per heavy atom. The molecule has 0 aliphatic carbocycles. The van der Waals surface area contributed by atoms with Crippen LogP contribution in [0.15, 0.2) is 23.1 Å². The van der Waals surface area contributed by atoms with Gasteiger partial charge in [-0.05, 0) is 31.5 Å². The van der Waals surface area contributed by atoms with Crippen LogP contribution < -0.4 is 0 Å². The third kappa shape index (κ3) is 4.60. The second-order valence-corrected chi connectivity index (χ2v) is 7.33. The van der Waals surface area contributed by atoms with E-state index in [0.717, 1.165) is 0 Å². The fraction of sp³-hybridized carbons (Fsp3) is 0.538. The van der Waals surface area contributed by atoms with Crippen LogP contribution in [0.2, 0.25) is 5.02 Å². The van der Waals surface area contributed by atoms with Gasteiger partial charge in [-0.25, -0.2) is 8.42 Å². The summed E-state index contributed by atoms with van der Waals surface area (Å²) in [7, 11) is -2.13. The van der Waals surface area contributed by atoms with Crippen molar-refractivity contribution in [2.75, 3.05) is 20.2 Å². The molecule has 1 rings (SSSR count). The van der Waals surface area contributed by atoms with E-state index in [9.17, 15) is 8.42 Å². The van der Waals surface area contributed by atoms with Crippen molar-refractivity contribution in [3.05, 3.63) is 28.8 Å². The van der Waals surface area contributed by atoms with Crippen LogP contribution in [-0.2, 0) is 20.6 Å². The average molecular weight is 340 g/mol.